The molecule has 2 rings (SSSR count). The summed E-state index contributed by atoms with van der Waals surface area (Å²) in [6.07, 6.45) is 2.85. The molecule has 4 N–H and O–H groups in total. The van der Waals surface area contributed by atoms with Gasteiger partial charge in [0.15, 0.2) is 0 Å². The second-order valence-corrected chi connectivity index (χ2v) is 3.63. The average molecular weight is 234 g/mol. The molecule has 0 fully saturated rings. The minimum absolute atomic E-state index is 0.289. The zero-order valence-corrected chi connectivity index (χ0v) is 8.93. The van der Waals surface area contributed by atoms with E-state index in [9.17, 15) is 9.18 Å². The Balaban J connectivity index is 2.25. The third-order valence-corrected chi connectivity index (χ3v) is 2.36. The van der Waals surface area contributed by atoms with Crippen LogP contribution in [0.3, 0.4) is 0 Å². The quantitative estimate of drug-likeness (QED) is 0.768. The normalized spacial score (nSPS) is 10.4. The van der Waals surface area contributed by atoms with Crippen molar-refractivity contribution in [2.75, 3.05) is 5.73 Å². The minimum atomic E-state index is -0.552. The molecule has 0 aliphatic carbocycles. The first kappa shape index (κ1) is 11.1. The molecule has 0 radical (unpaired) electrons. The number of aromatic nitrogens is 2. The second kappa shape index (κ2) is 4.25. The fourth-order valence-corrected chi connectivity index (χ4v) is 1.46. The molecular formula is C11H11FN4O. The van der Waals surface area contributed by atoms with Crippen molar-refractivity contribution >= 4 is 11.6 Å². The van der Waals surface area contributed by atoms with Crippen molar-refractivity contribution in [3.05, 3.63) is 47.5 Å². The van der Waals surface area contributed by atoms with Gasteiger partial charge in [-0.25, -0.2) is 4.39 Å². The molecule has 1 aromatic heterocycles. The van der Waals surface area contributed by atoms with Crippen molar-refractivity contribution in [1.82, 2.24) is 9.78 Å². The molecule has 0 atom stereocenters. The molecule has 6 heteroatoms. The zero-order valence-electron chi connectivity index (χ0n) is 8.93. The van der Waals surface area contributed by atoms with Gasteiger partial charge in [-0.05, 0) is 23.8 Å². The molecule has 5 nitrogen and oxygen atoms in total. The van der Waals surface area contributed by atoms with Gasteiger partial charge in [0.25, 0.3) is 5.91 Å². The molecule has 0 spiro atoms. The Morgan fingerprint density at radius 3 is 2.88 bits per heavy atom. The highest BCUT2D eigenvalue weighted by molar-refractivity contribution is 5.92. The maximum absolute atomic E-state index is 13.0. The molecule has 17 heavy (non-hydrogen) atoms. The fraction of sp³-hybridized carbons (Fsp3) is 0.0909. The number of hydrogen-bond acceptors (Lipinski definition) is 3. The summed E-state index contributed by atoms with van der Waals surface area (Å²) >= 11 is 0. The summed E-state index contributed by atoms with van der Waals surface area (Å²) in [4.78, 5) is 10.9. The van der Waals surface area contributed by atoms with Crippen LogP contribution in [-0.4, -0.2) is 15.7 Å². The van der Waals surface area contributed by atoms with E-state index in [1.165, 1.54) is 35.3 Å². The third kappa shape index (κ3) is 2.41. The predicted octanol–water partition coefficient (Wildman–Crippen LogP) is 0.752. The Labute approximate surface area is 96.8 Å². The van der Waals surface area contributed by atoms with Gasteiger partial charge in [-0.2, -0.15) is 5.10 Å². The molecular weight excluding hydrogens is 223 g/mol. The molecule has 0 saturated heterocycles. The van der Waals surface area contributed by atoms with Crippen LogP contribution in [0.15, 0.2) is 30.6 Å². The molecule has 2 aromatic rings. The summed E-state index contributed by atoms with van der Waals surface area (Å²) in [7, 11) is 0. The number of halogens is 1. The van der Waals surface area contributed by atoms with E-state index in [1.54, 1.807) is 0 Å². The van der Waals surface area contributed by atoms with E-state index in [1.807, 2.05) is 0 Å². The summed E-state index contributed by atoms with van der Waals surface area (Å²) in [5, 5.41) is 3.94. The van der Waals surface area contributed by atoms with Crippen molar-refractivity contribution in [1.29, 1.82) is 0 Å². The Morgan fingerprint density at radius 2 is 2.24 bits per heavy atom. The van der Waals surface area contributed by atoms with E-state index in [0.29, 0.717) is 16.8 Å². The van der Waals surface area contributed by atoms with Gasteiger partial charge in [-0.3, -0.25) is 9.48 Å². The van der Waals surface area contributed by atoms with Gasteiger partial charge in [0.05, 0.1) is 18.3 Å². The maximum atomic E-state index is 13.0. The fourth-order valence-electron chi connectivity index (χ4n) is 1.46. The van der Waals surface area contributed by atoms with Crippen LogP contribution in [0.1, 0.15) is 15.9 Å². The Bertz CT molecular complexity index is 564. The van der Waals surface area contributed by atoms with Crippen molar-refractivity contribution in [2.24, 2.45) is 5.73 Å². The maximum Gasteiger partial charge on any atom is 0.251 e. The summed E-state index contributed by atoms with van der Waals surface area (Å²) in [5.41, 5.74) is 12.2. The molecule has 1 heterocycles. The molecule has 0 unspecified atom stereocenters. The standard InChI is InChI=1S/C11H11FN4O/c12-9-1-2-10(13)7(3-9)5-16-6-8(4-15-16)11(14)17/h1-4,6H,5,13H2,(H2,14,17). The van der Waals surface area contributed by atoms with Crippen molar-refractivity contribution in [3.8, 4) is 0 Å². The summed E-state index contributed by atoms with van der Waals surface area (Å²) in [6.45, 7) is 0.289. The lowest BCUT2D eigenvalue weighted by Gasteiger charge is -2.05. The van der Waals surface area contributed by atoms with E-state index in [4.69, 9.17) is 11.5 Å². The van der Waals surface area contributed by atoms with Crippen molar-refractivity contribution in [3.63, 3.8) is 0 Å². The lowest BCUT2D eigenvalue weighted by molar-refractivity contribution is 0.1000. The first-order valence-corrected chi connectivity index (χ1v) is 4.92. The van der Waals surface area contributed by atoms with Gasteiger partial charge < -0.3 is 11.5 Å². The monoisotopic (exact) mass is 234 g/mol. The van der Waals surface area contributed by atoms with Crippen molar-refractivity contribution in [2.45, 2.75) is 6.54 Å². The van der Waals surface area contributed by atoms with Gasteiger partial charge in [0.2, 0.25) is 0 Å². The zero-order chi connectivity index (χ0) is 12.4. The number of nitrogen functional groups attached to an aromatic ring is 1. The number of hydrogen-bond donors (Lipinski definition) is 2. The molecule has 1 aromatic carbocycles. The molecule has 0 saturated carbocycles. The lowest BCUT2D eigenvalue weighted by Crippen LogP contribution is -2.10. The third-order valence-electron chi connectivity index (χ3n) is 2.36. The lowest BCUT2D eigenvalue weighted by atomic mass is 10.2. The van der Waals surface area contributed by atoms with Crippen molar-refractivity contribution < 1.29 is 9.18 Å². The molecule has 1 amide bonds. The SMILES string of the molecule is NC(=O)c1cnn(Cc2cc(F)ccc2N)c1. The van der Waals surface area contributed by atoms with Gasteiger partial charge in [-0.1, -0.05) is 0 Å². The molecule has 0 aliphatic rings. The number of anilines is 1. The van der Waals surface area contributed by atoms with Crippen LogP contribution in [0.5, 0.6) is 0 Å². The minimum Gasteiger partial charge on any atom is -0.398 e. The predicted molar refractivity (Wildman–Crippen MR) is 60.7 cm³/mol. The van der Waals surface area contributed by atoms with E-state index in [2.05, 4.69) is 5.10 Å². The number of carbonyl (C=O) groups is 1. The van der Waals surface area contributed by atoms with Gasteiger partial charge in [-0.15, -0.1) is 0 Å². The smallest absolute Gasteiger partial charge is 0.251 e. The summed E-state index contributed by atoms with van der Waals surface area (Å²) < 4.78 is 14.5. The highest BCUT2D eigenvalue weighted by Gasteiger charge is 2.06. The largest absolute Gasteiger partial charge is 0.398 e. The number of benzene rings is 1. The Hall–Kier alpha value is -2.37. The average Bonchev–Trinajstić information content (AvgIpc) is 2.72. The van der Waals surface area contributed by atoms with Gasteiger partial charge in [0, 0.05) is 11.9 Å². The highest BCUT2D eigenvalue weighted by Crippen LogP contribution is 2.14. The van der Waals surface area contributed by atoms with Gasteiger partial charge in [0.1, 0.15) is 5.82 Å². The topological polar surface area (TPSA) is 86.9 Å². The number of nitrogens with two attached hydrogens (primary N) is 2. The number of nitrogens with zero attached hydrogens (tertiary/aromatic N) is 2. The van der Waals surface area contributed by atoms with E-state index < -0.39 is 5.91 Å². The van der Waals surface area contributed by atoms with Crippen LogP contribution in [-0.2, 0) is 6.54 Å². The number of rotatable bonds is 3. The molecule has 0 bridgehead atoms. The number of carbonyl (C=O) groups excluding carboxylic acids is 1. The Morgan fingerprint density at radius 1 is 1.47 bits per heavy atom. The van der Waals surface area contributed by atoms with E-state index in [-0.39, 0.29) is 12.4 Å². The Kier molecular flexibility index (Phi) is 2.78. The first-order chi connectivity index (χ1) is 8.06. The van der Waals surface area contributed by atoms with Crippen LogP contribution in [0.25, 0.3) is 0 Å². The van der Waals surface area contributed by atoms with Crippen LogP contribution in [0.4, 0.5) is 10.1 Å². The van der Waals surface area contributed by atoms with Crippen LogP contribution >= 0.6 is 0 Å². The van der Waals surface area contributed by atoms with Crippen LogP contribution < -0.4 is 11.5 Å². The van der Waals surface area contributed by atoms with Gasteiger partial charge >= 0.3 is 0 Å². The highest BCUT2D eigenvalue weighted by atomic mass is 19.1. The molecule has 0 aliphatic heterocycles. The number of primary amides is 1. The summed E-state index contributed by atoms with van der Waals surface area (Å²) in [5.74, 6) is -0.917. The molecule has 88 valence electrons. The second-order valence-electron chi connectivity index (χ2n) is 3.63. The number of amides is 1. The van der Waals surface area contributed by atoms with Crippen LogP contribution in [0.2, 0.25) is 0 Å². The van der Waals surface area contributed by atoms with E-state index >= 15 is 0 Å². The summed E-state index contributed by atoms with van der Waals surface area (Å²) in [6, 6.07) is 4.11. The van der Waals surface area contributed by atoms with Crippen LogP contribution in [0, 0.1) is 5.82 Å². The first-order valence-electron chi connectivity index (χ1n) is 4.92. The van der Waals surface area contributed by atoms with E-state index in [0.717, 1.165) is 0 Å².